The van der Waals surface area contributed by atoms with Crippen molar-refractivity contribution in [2.45, 2.75) is 24.9 Å². The third-order valence-electron chi connectivity index (χ3n) is 4.06. The molecule has 100 valence electrons. The van der Waals surface area contributed by atoms with Crippen molar-refractivity contribution in [2.75, 3.05) is 32.7 Å². The van der Waals surface area contributed by atoms with E-state index >= 15 is 0 Å². The van der Waals surface area contributed by atoms with Crippen LogP contribution in [0, 0.1) is 0 Å². The molecule has 1 atom stereocenters. The number of hydrogen-bond acceptors (Lipinski definition) is 4. The first-order chi connectivity index (χ1) is 8.66. The molecule has 6 heteroatoms. The van der Waals surface area contributed by atoms with Crippen LogP contribution >= 0.6 is 0 Å². The summed E-state index contributed by atoms with van der Waals surface area (Å²) in [5.74, 6) is 0. The van der Waals surface area contributed by atoms with Gasteiger partial charge in [0.25, 0.3) is 5.56 Å². The van der Waals surface area contributed by atoms with E-state index in [1.54, 1.807) is 0 Å². The van der Waals surface area contributed by atoms with Gasteiger partial charge in [-0.25, -0.2) is 0 Å². The van der Waals surface area contributed by atoms with Gasteiger partial charge in [0.1, 0.15) is 0 Å². The first-order valence-corrected chi connectivity index (χ1v) is 6.60. The third kappa shape index (κ3) is 2.23. The van der Waals surface area contributed by atoms with Crippen LogP contribution in [0.15, 0.2) is 4.79 Å². The number of aliphatic hydroxyl groups is 1. The lowest BCUT2D eigenvalue weighted by Gasteiger charge is -2.29. The van der Waals surface area contributed by atoms with Gasteiger partial charge in [-0.05, 0) is 19.4 Å². The number of H-pyrrole nitrogens is 2. The molecule has 0 aromatic carbocycles. The van der Waals surface area contributed by atoms with Crippen LogP contribution in [0.4, 0.5) is 0 Å². The average molecular weight is 252 g/mol. The zero-order valence-electron chi connectivity index (χ0n) is 10.5. The summed E-state index contributed by atoms with van der Waals surface area (Å²) >= 11 is 0. The highest BCUT2D eigenvalue weighted by molar-refractivity contribution is 5.18. The SMILES string of the molecule is O=c1[nH][nH]c2c1CCN(C[C@]1(O)CCNC1)CC2. The molecule has 2 aliphatic heterocycles. The van der Waals surface area contributed by atoms with E-state index in [2.05, 4.69) is 20.4 Å². The Bertz CT molecular complexity index is 473. The van der Waals surface area contributed by atoms with E-state index in [1.165, 1.54) is 0 Å². The second-order valence-electron chi connectivity index (χ2n) is 5.46. The van der Waals surface area contributed by atoms with E-state index < -0.39 is 5.60 Å². The van der Waals surface area contributed by atoms with Crippen LogP contribution in [0.3, 0.4) is 0 Å². The largest absolute Gasteiger partial charge is 0.387 e. The van der Waals surface area contributed by atoms with Gasteiger partial charge in [0.2, 0.25) is 0 Å². The Kier molecular flexibility index (Phi) is 3.01. The molecule has 1 aromatic heterocycles. The molecule has 0 amide bonds. The van der Waals surface area contributed by atoms with E-state index in [0.29, 0.717) is 13.1 Å². The summed E-state index contributed by atoms with van der Waals surface area (Å²) in [6.07, 6.45) is 2.42. The van der Waals surface area contributed by atoms with Crippen LogP contribution in [0.5, 0.6) is 0 Å². The molecular formula is C12H20N4O2. The maximum atomic E-state index is 11.6. The van der Waals surface area contributed by atoms with Gasteiger partial charge in [0.15, 0.2) is 0 Å². The Hall–Kier alpha value is -1.11. The van der Waals surface area contributed by atoms with Gasteiger partial charge in [-0.2, -0.15) is 0 Å². The lowest BCUT2D eigenvalue weighted by molar-refractivity contribution is 0.0220. The second kappa shape index (κ2) is 4.53. The lowest BCUT2D eigenvalue weighted by Crippen LogP contribution is -2.45. The van der Waals surface area contributed by atoms with E-state index in [0.717, 1.165) is 50.2 Å². The fourth-order valence-electron chi connectivity index (χ4n) is 2.99. The Balaban J connectivity index is 1.66. The molecule has 3 rings (SSSR count). The summed E-state index contributed by atoms with van der Waals surface area (Å²) in [6, 6.07) is 0. The van der Waals surface area contributed by atoms with Crippen molar-refractivity contribution in [3.63, 3.8) is 0 Å². The molecule has 0 unspecified atom stereocenters. The summed E-state index contributed by atoms with van der Waals surface area (Å²) in [5, 5.41) is 19.2. The van der Waals surface area contributed by atoms with E-state index in [-0.39, 0.29) is 5.56 Å². The number of aromatic nitrogens is 2. The van der Waals surface area contributed by atoms with Gasteiger partial charge < -0.3 is 15.5 Å². The van der Waals surface area contributed by atoms with Crippen molar-refractivity contribution < 1.29 is 5.11 Å². The Morgan fingerprint density at radius 3 is 2.89 bits per heavy atom. The molecule has 0 bridgehead atoms. The molecule has 1 fully saturated rings. The highest BCUT2D eigenvalue weighted by Gasteiger charge is 2.33. The van der Waals surface area contributed by atoms with Crippen molar-refractivity contribution in [2.24, 2.45) is 0 Å². The topological polar surface area (TPSA) is 84.2 Å². The number of fused-ring (bicyclic) bond motifs is 1. The van der Waals surface area contributed by atoms with Crippen molar-refractivity contribution in [1.29, 1.82) is 0 Å². The summed E-state index contributed by atoms with van der Waals surface area (Å²) in [7, 11) is 0. The fourth-order valence-corrected chi connectivity index (χ4v) is 2.99. The maximum Gasteiger partial charge on any atom is 0.267 e. The molecule has 2 aliphatic rings. The first-order valence-electron chi connectivity index (χ1n) is 6.60. The van der Waals surface area contributed by atoms with Gasteiger partial charge in [-0.15, -0.1) is 0 Å². The van der Waals surface area contributed by atoms with E-state index in [9.17, 15) is 9.90 Å². The van der Waals surface area contributed by atoms with Crippen LogP contribution in [0.2, 0.25) is 0 Å². The van der Waals surface area contributed by atoms with Crippen LogP contribution in [0.25, 0.3) is 0 Å². The van der Waals surface area contributed by atoms with Gasteiger partial charge >= 0.3 is 0 Å². The number of nitrogens with zero attached hydrogens (tertiary/aromatic N) is 1. The van der Waals surface area contributed by atoms with Crippen molar-refractivity contribution in [1.82, 2.24) is 20.4 Å². The average Bonchev–Trinajstić information content (AvgIpc) is 2.84. The van der Waals surface area contributed by atoms with Gasteiger partial charge in [-0.3, -0.25) is 14.8 Å². The molecule has 1 saturated heterocycles. The predicted octanol–water partition coefficient (Wildman–Crippen LogP) is -1.17. The smallest absolute Gasteiger partial charge is 0.267 e. The Morgan fingerprint density at radius 1 is 1.28 bits per heavy atom. The van der Waals surface area contributed by atoms with Crippen LogP contribution < -0.4 is 10.9 Å². The number of aromatic amines is 2. The highest BCUT2D eigenvalue weighted by atomic mass is 16.3. The molecule has 18 heavy (non-hydrogen) atoms. The summed E-state index contributed by atoms with van der Waals surface area (Å²) in [6.45, 7) is 4.00. The highest BCUT2D eigenvalue weighted by Crippen LogP contribution is 2.18. The first kappa shape index (κ1) is 12.0. The van der Waals surface area contributed by atoms with Crippen molar-refractivity contribution in [3.05, 3.63) is 21.6 Å². The monoisotopic (exact) mass is 252 g/mol. The molecule has 4 N–H and O–H groups in total. The van der Waals surface area contributed by atoms with E-state index in [4.69, 9.17) is 0 Å². The zero-order chi connectivity index (χ0) is 12.6. The van der Waals surface area contributed by atoms with E-state index in [1.807, 2.05) is 0 Å². The second-order valence-corrected chi connectivity index (χ2v) is 5.46. The Labute approximate surface area is 105 Å². The van der Waals surface area contributed by atoms with Crippen LogP contribution in [-0.2, 0) is 12.8 Å². The number of rotatable bonds is 2. The van der Waals surface area contributed by atoms with Crippen LogP contribution in [-0.4, -0.2) is 58.5 Å². The minimum absolute atomic E-state index is 0.00750. The van der Waals surface area contributed by atoms with Crippen molar-refractivity contribution in [3.8, 4) is 0 Å². The molecule has 0 spiro atoms. The third-order valence-corrected chi connectivity index (χ3v) is 4.06. The minimum Gasteiger partial charge on any atom is -0.387 e. The molecular weight excluding hydrogens is 232 g/mol. The maximum absolute atomic E-state index is 11.6. The molecule has 1 aromatic rings. The summed E-state index contributed by atoms with van der Waals surface area (Å²) < 4.78 is 0. The standard InChI is InChI=1S/C12H20N4O2/c17-11-9-1-5-16(6-2-10(9)14-15-11)8-12(18)3-4-13-7-12/h13,18H,1-8H2,(H2,14,15,17)/t12-/m0/s1. The molecule has 0 saturated carbocycles. The van der Waals surface area contributed by atoms with Gasteiger partial charge in [0, 0.05) is 43.9 Å². The van der Waals surface area contributed by atoms with Crippen molar-refractivity contribution >= 4 is 0 Å². The number of nitrogens with one attached hydrogen (secondary N) is 3. The van der Waals surface area contributed by atoms with Gasteiger partial charge in [0.05, 0.1) is 5.60 Å². The number of β-amino-alcohol motifs (C(OH)–C–C–N with tert-alkyl or cyclic N) is 1. The Morgan fingerprint density at radius 2 is 2.11 bits per heavy atom. The normalized spacial score (nSPS) is 29.2. The summed E-state index contributed by atoms with van der Waals surface area (Å²) in [4.78, 5) is 13.8. The van der Waals surface area contributed by atoms with Gasteiger partial charge in [-0.1, -0.05) is 0 Å². The number of hydrogen-bond donors (Lipinski definition) is 4. The molecule has 3 heterocycles. The summed E-state index contributed by atoms with van der Waals surface area (Å²) in [5.41, 5.74) is 1.32. The van der Waals surface area contributed by atoms with Crippen LogP contribution in [0.1, 0.15) is 17.7 Å². The lowest BCUT2D eigenvalue weighted by atomic mass is 10.0. The zero-order valence-corrected chi connectivity index (χ0v) is 10.5. The quantitative estimate of drug-likeness (QED) is 0.534. The minimum atomic E-state index is -0.593. The fraction of sp³-hybridized carbons (Fsp3) is 0.750. The molecule has 0 aliphatic carbocycles. The molecule has 0 radical (unpaired) electrons. The molecule has 6 nitrogen and oxygen atoms in total. The predicted molar refractivity (Wildman–Crippen MR) is 67.7 cm³/mol.